The number of carbonyl (C=O) groups excluding carboxylic acids is 3. The second kappa shape index (κ2) is 49.0. The van der Waals surface area contributed by atoms with E-state index in [-0.39, 0.29) is 31.1 Å². The van der Waals surface area contributed by atoms with Crippen LogP contribution in [0.3, 0.4) is 0 Å². The fourth-order valence-electron chi connectivity index (χ4n) is 7.09. The van der Waals surface area contributed by atoms with Gasteiger partial charge < -0.3 is 14.2 Å². The van der Waals surface area contributed by atoms with Crippen LogP contribution in [0.5, 0.6) is 0 Å². The average Bonchev–Trinajstić information content (AvgIpc) is 3.24. The zero-order chi connectivity index (χ0) is 43.7. The van der Waals surface area contributed by atoms with Gasteiger partial charge in [-0.25, -0.2) is 0 Å². The molecule has 1 atom stereocenters. The Morgan fingerprint density at radius 3 is 1.00 bits per heavy atom. The molecule has 6 heteroatoms. The van der Waals surface area contributed by atoms with Crippen LogP contribution in [0.4, 0.5) is 0 Å². The van der Waals surface area contributed by atoms with Gasteiger partial charge in [0.25, 0.3) is 0 Å². The number of allylic oxidation sites excluding steroid dienone is 8. The molecule has 0 radical (unpaired) electrons. The maximum absolute atomic E-state index is 12.8. The summed E-state index contributed by atoms with van der Waals surface area (Å²) in [5, 5.41) is 0. The number of rotatable bonds is 46. The maximum Gasteiger partial charge on any atom is 0.306 e. The first-order chi connectivity index (χ1) is 29.5. The molecule has 0 aromatic rings. The molecular weight excluding hydrogens is 745 g/mol. The molecule has 0 amide bonds. The molecule has 0 bridgehead atoms. The van der Waals surface area contributed by atoms with Crippen LogP contribution in [0.25, 0.3) is 0 Å². The molecule has 60 heavy (non-hydrogen) atoms. The van der Waals surface area contributed by atoms with Crippen molar-refractivity contribution < 1.29 is 28.6 Å². The molecular formula is C54H96O6. The van der Waals surface area contributed by atoms with Crippen LogP contribution >= 0.6 is 0 Å². The van der Waals surface area contributed by atoms with E-state index in [1.807, 2.05) is 0 Å². The number of hydrogen-bond acceptors (Lipinski definition) is 6. The van der Waals surface area contributed by atoms with E-state index in [4.69, 9.17) is 14.2 Å². The Morgan fingerprint density at radius 2 is 0.617 bits per heavy atom. The fourth-order valence-corrected chi connectivity index (χ4v) is 7.09. The minimum Gasteiger partial charge on any atom is -0.462 e. The topological polar surface area (TPSA) is 78.9 Å². The first-order valence-corrected chi connectivity index (χ1v) is 25.6. The van der Waals surface area contributed by atoms with Crippen molar-refractivity contribution in [1.29, 1.82) is 0 Å². The van der Waals surface area contributed by atoms with Gasteiger partial charge in [0.1, 0.15) is 13.2 Å². The molecule has 0 N–H and O–H groups in total. The molecule has 0 heterocycles. The van der Waals surface area contributed by atoms with Crippen LogP contribution in [0.15, 0.2) is 48.6 Å². The van der Waals surface area contributed by atoms with Gasteiger partial charge in [0.05, 0.1) is 0 Å². The highest BCUT2D eigenvalue weighted by Gasteiger charge is 2.19. The first-order valence-electron chi connectivity index (χ1n) is 25.6. The van der Waals surface area contributed by atoms with Crippen molar-refractivity contribution in [1.82, 2.24) is 0 Å². The van der Waals surface area contributed by atoms with Gasteiger partial charge in [-0.15, -0.1) is 0 Å². The predicted octanol–water partition coefficient (Wildman–Crippen LogP) is 16.7. The monoisotopic (exact) mass is 841 g/mol. The van der Waals surface area contributed by atoms with Gasteiger partial charge in [-0.2, -0.15) is 0 Å². The van der Waals surface area contributed by atoms with Crippen molar-refractivity contribution in [2.75, 3.05) is 13.2 Å². The average molecular weight is 841 g/mol. The van der Waals surface area contributed by atoms with Crippen molar-refractivity contribution in [3.8, 4) is 0 Å². The smallest absolute Gasteiger partial charge is 0.306 e. The van der Waals surface area contributed by atoms with Crippen LogP contribution in [0, 0.1) is 0 Å². The number of esters is 3. The number of ether oxygens (including phenoxy) is 3. The van der Waals surface area contributed by atoms with Crippen LogP contribution in [0.1, 0.15) is 258 Å². The molecule has 0 aliphatic carbocycles. The Labute approximate surface area is 371 Å². The van der Waals surface area contributed by atoms with Gasteiger partial charge in [-0.1, -0.05) is 191 Å². The number of hydrogen-bond donors (Lipinski definition) is 0. The van der Waals surface area contributed by atoms with Gasteiger partial charge >= 0.3 is 17.9 Å². The van der Waals surface area contributed by atoms with Crippen LogP contribution in [0.2, 0.25) is 0 Å². The Kier molecular flexibility index (Phi) is 46.9. The third-order valence-electron chi connectivity index (χ3n) is 11.0. The summed E-state index contributed by atoms with van der Waals surface area (Å²) in [6.07, 6.45) is 58.0. The van der Waals surface area contributed by atoms with Crippen LogP contribution < -0.4 is 0 Å². The third kappa shape index (κ3) is 46.4. The quantitative estimate of drug-likeness (QED) is 0.0263. The summed E-state index contributed by atoms with van der Waals surface area (Å²) in [6.45, 7) is 6.56. The number of unbranched alkanes of at least 4 members (excludes halogenated alkanes) is 27. The van der Waals surface area contributed by atoms with Crippen molar-refractivity contribution in [3.63, 3.8) is 0 Å². The highest BCUT2D eigenvalue weighted by molar-refractivity contribution is 5.71. The minimum atomic E-state index is -0.784. The normalized spacial score (nSPS) is 12.4. The molecule has 0 rings (SSSR count). The van der Waals surface area contributed by atoms with Gasteiger partial charge in [0, 0.05) is 19.3 Å². The molecule has 0 aromatic carbocycles. The van der Waals surface area contributed by atoms with Crippen molar-refractivity contribution in [2.45, 2.75) is 264 Å². The lowest BCUT2D eigenvalue weighted by Gasteiger charge is -2.18. The van der Waals surface area contributed by atoms with E-state index in [0.29, 0.717) is 19.3 Å². The first kappa shape index (κ1) is 57.4. The zero-order valence-corrected chi connectivity index (χ0v) is 39.7. The fraction of sp³-hybridized carbons (Fsp3) is 0.796. The second-order valence-electron chi connectivity index (χ2n) is 17.1. The summed E-state index contributed by atoms with van der Waals surface area (Å²) in [5.41, 5.74) is 0. The molecule has 0 saturated carbocycles. The van der Waals surface area contributed by atoms with Crippen LogP contribution in [-0.4, -0.2) is 37.2 Å². The van der Waals surface area contributed by atoms with E-state index in [2.05, 4.69) is 69.4 Å². The predicted molar refractivity (Wildman–Crippen MR) is 256 cm³/mol. The highest BCUT2D eigenvalue weighted by atomic mass is 16.6. The largest absolute Gasteiger partial charge is 0.462 e. The molecule has 1 unspecified atom stereocenters. The zero-order valence-electron chi connectivity index (χ0n) is 39.7. The SMILES string of the molecule is CCCC/C=C\CCCCCCCC(=O)OCC(COC(=O)CCCCCCC/C=C\C/C=C\CCCCCC)OC(=O)CCCCCCC/C=C\CCCCCCCC. The molecule has 0 aromatic heterocycles. The molecule has 0 aliphatic heterocycles. The van der Waals surface area contributed by atoms with E-state index < -0.39 is 6.10 Å². The molecule has 348 valence electrons. The standard InChI is InChI=1S/C54H96O6/c1-4-7-10-13-16-19-22-24-26-28-29-32-35-38-41-44-47-53(56)59-50-51(49-58-52(55)46-43-40-37-34-31-21-18-15-12-9-6-3)60-54(57)48-45-42-39-36-33-30-27-25-23-20-17-14-11-8-5-2/h15,18-19,22,25-28,51H,4-14,16-17,20-21,23-24,29-50H2,1-3H3/b18-15-,22-19-,27-25-,28-26-. The van der Waals surface area contributed by atoms with Gasteiger partial charge in [-0.3, -0.25) is 14.4 Å². The highest BCUT2D eigenvalue weighted by Crippen LogP contribution is 2.14. The van der Waals surface area contributed by atoms with E-state index in [1.54, 1.807) is 0 Å². The van der Waals surface area contributed by atoms with Gasteiger partial charge in [0.15, 0.2) is 6.10 Å². The molecule has 0 aliphatic rings. The van der Waals surface area contributed by atoms with E-state index in [9.17, 15) is 14.4 Å². The summed E-state index contributed by atoms with van der Waals surface area (Å²) in [4.78, 5) is 37.9. The minimum absolute atomic E-state index is 0.0849. The van der Waals surface area contributed by atoms with Gasteiger partial charge in [0.2, 0.25) is 0 Å². The Hall–Kier alpha value is -2.63. The lowest BCUT2D eigenvalue weighted by Crippen LogP contribution is -2.30. The Balaban J connectivity index is 4.40. The lowest BCUT2D eigenvalue weighted by atomic mass is 10.1. The Morgan fingerprint density at radius 1 is 0.333 bits per heavy atom. The molecule has 0 saturated heterocycles. The molecule has 0 fully saturated rings. The Bertz CT molecular complexity index is 1060. The van der Waals surface area contributed by atoms with E-state index in [1.165, 1.54) is 122 Å². The van der Waals surface area contributed by atoms with E-state index in [0.717, 1.165) is 96.3 Å². The third-order valence-corrected chi connectivity index (χ3v) is 11.0. The molecule has 0 spiro atoms. The molecule has 6 nitrogen and oxygen atoms in total. The van der Waals surface area contributed by atoms with Crippen LogP contribution in [-0.2, 0) is 28.6 Å². The van der Waals surface area contributed by atoms with E-state index >= 15 is 0 Å². The summed E-state index contributed by atoms with van der Waals surface area (Å²) in [7, 11) is 0. The summed E-state index contributed by atoms with van der Waals surface area (Å²) >= 11 is 0. The van der Waals surface area contributed by atoms with Crippen molar-refractivity contribution in [2.24, 2.45) is 0 Å². The van der Waals surface area contributed by atoms with Crippen molar-refractivity contribution in [3.05, 3.63) is 48.6 Å². The van der Waals surface area contributed by atoms with Gasteiger partial charge in [-0.05, 0) is 96.3 Å². The second-order valence-corrected chi connectivity index (χ2v) is 17.1. The maximum atomic E-state index is 12.8. The van der Waals surface area contributed by atoms with Crippen molar-refractivity contribution >= 4 is 17.9 Å². The summed E-state index contributed by atoms with van der Waals surface area (Å²) in [6, 6.07) is 0. The summed E-state index contributed by atoms with van der Waals surface area (Å²) in [5.74, 6) is -0.912. The summed E-state index contributed by atoms with van der Waals surface area (Å²) < 4.78 is 16.8. The number of carbonyl (C=O) groups is 3. The lowest BCUT2D eigenvalue weighted by molar-refractivity contribution is -0.167.